The van der Waals surface area contributed by atoms with Crippen molar-refractivity contribution in [1.82, 2.24) is 19.8 Å². The zero-order valence-electron chi connectivity index (χ0n) is 12.2. The van der Waals surface area contributed by atoms with E-state index in [1.807, 2.05) is 11.8 Å². The molecule has 1 saturated heterocycles. The number of aromatic amines is 1. The van der Waals surface area contributed by atoms with Crippen LogP contribution in [0.4, 0.5) is 0 Å². The van der Waals surface area contributed by atoms with Crippen molar-refractivity contribution in [3.63, 3.8) is 0 Å². The molecule has 1 aromatic rings. The van der Waals surface area contributed by atoms with Gasteiger partial charge in [0.25, 0.3) is 5.91 Å². The Morgan fingerprint density at radius 2 is 2.24 bits per heavy atom. The predicted molar refractivity (Wildman–Crippen MR) is 77.3 cm³/mol. The first-order valence-electron chi connectivity index (χ1n) is 7.05. The van der Waals surface area contributed by atoms with E-state index in [1.54, 1.807) is 6.07 Å². The summed E-state index contributed by atoms with van der Waals surface area (Å²) < 4.78 is 25.1. The molecular formula is C13H20N4O3S. The van der Waals surface area contributed by atoms with Crippen molar-refractivity contribution in [3.05, 3.63) is 17.5 Å². The molecule has 0 aromatic carbocycles. The highest BCUT2D eigenvalue weighted by atomic mass is 32.2. The van der Waals surface area contributed by atoms with Crippen molar-refractivity contribution in [2.75, 3.05) is 19.3 Å². The summed E-state index contributed by atoms with van der Waals surface area (Å²) in [4.78, 5) is 14.2. The largest absolute Gasteiger partial charge is 0.337 e. The maximum Gasteiger partial charge on any atom is 0.274 e. The zero-order valence-corrected chi connectivity index (χ0v) is 13.0. The highest BCUT2D eigenvalue weighted by Gasteiger charge is 2.50. The van der Waals surface area contributed by atoms with Crippen molar-refractivity contribution in [1.29, 1.82) is 0 Å². The minimum absolute atomic E-state index is 0.0164. The van der Waals surface area contributed by atoms with Crippen LogP contribution in [0.3, 0.4) is 0 Å². The normalized spacial score (nSPS) is 28.9. The van der Waals surface area contributed by atoms with Gasteiger partial charge in [0.1, 0.15) is 5.69 Å². The third-order valence-electron chi connectivity index (χ3n) is 4.39. The Labute approximate surface area is 124 Å². The first-order valence-corrected chi connectivity index (χ1v) is 8.94. The average Bonchev–Trinajstić information content (AvgIpc) is 2.92. The van der Waals surface area contributed by atoms with Gasteiger partial charge in [-0.15, -0.1) is 0 Å². The van der Waals surface area contributed by atoms with Crippen LogP contribution in [0.2, 0.25) is 0 Å². The van der Waals surface area contributed by atoms with E-state index in [0.29, 0.717) is 12.2 Å². The van der Waals surface area contributed by atoms with Gasteiger partial charge < -0.3 is 4.90 Å². The second-order valence-corrected chi connectivity index (χ2v) is 8.19. The molecule has 8 heteroatoms. The van der Waals surface area contributed by atoms with Gasteiger partial charge >= 0.3 is 0 Å². The van der Waals surface area contributed by atoms with Crippen LogP contribution < -0.4 is 4.72 Å². The quantitative estimate of drug-likeness (QED) is 0.837. The van der Waals surface area contributed by atoms with Crippen molar-refractivity contribution in [2.45, 2.75) is 32.2 Å². The first kappa shape index (κ1) is 14.5. The molecule has 1 aliphatic carbocycles. The van der Waals surface area contributed by atoms with Gasteiger partial charge in [0.2, 0.25) is 10.0 Å². The number of aryl methyl sites for hydroxylation is 1. The number of amides is 1. The number of nitrogens with zero attached hydrogens (tertiary/aromatic N) is 2. The van der Waals surface area contributed by atoms with Gasteiger partial charge in [-0.3, -0.25) is 9.89 Å². The Kier molecular flexibility index (Phi) is 3.32. The van der Waals surface area contributed by atoms with Gasteiger partial charge in [-0.1, -0.05) is 0 Å². The molecule has 1 spiro atoms. The van der Waals surface area contributed by atoms with Crippen LogP contribution in [0.25, 0.3) is 0 Å². The summed E-state index contributed by atoms with van der Waals surface area (Å²) in [6.45, 7) is 3.28. The lowest BCUT2D eigenvalue weighted by molar-refractivity contribution is 0.0683. The number of likely N-dealkylation sites (tertiary alicyclic amines) is 1. The van der Waals surface area contributed by atoms with Crippen molar-refractivity contribution < 1.29 is 13.2 Å². The van der Waals surface area contributed by atoms with Gasteiger partial charge in [0.05, 0.1) is 6.26 Å². The second-order valence-electron chi connectivity index (χ2n) is 6.41. The van der Waals surface area contributed by atoms with Crippen molar-refractivity contribution in [2.24, 2.45) is 5.41 Å². The molecule has 0 radical (unpaired) electrons. The molecule has 116 valence electrons. The Hall–Kier alpha value is -1.41. The second kappa shape index (κ2) is 4.81. The van der Waals surface area contributed by atoms with Gasteiger partial charge in [-0.2, -0.15) is 5.10 Å². The number of nitrogens with one attached hydrogen (secondary N) is 2. The highest BCUT2D eigenvalue weighted by molar-refractivity contribution is 7.88. The SMILES string of the molecule is Cc1cc(C(=O)N2CCC3(CC(NS(C)(=O)=O)C3)C2)n[nH]1. The Bertz CT molecular complexity index is 661. The molecule has 1 amide bonds. The lowest BCUT2D eigenvalue weighted by Gasteiger charge is -2.45. The fraction of sp³-hybridized carbons (Fsp3) is 0.692. The highest BCUT2D eigenvalue weighted by Crippen LogP contribution is 2.48. The third-order valence-corrected chi connectivity index (χ3v) is 5.15. The zero-order chi connectivity index (χ0) is 15.3. The molecule has 1 aromatic heterocycles. The first-order chi connectivity index (χ1) is 9.76. The van der Waals surface area contributed by atoms with Gasteiger partial charge in [0.15, 0.2) is 0 Å². The van der Waals surface area contributed by atoms with Crippen LogP contribution in [-0.4, -0.2) is 54.8 Å². The molecule has 0 bridgehead atoms. The summed E-state index contributed by atoms with van der Waals surface area (Å²) in [5.74, 6) is -0.0456. The van der Waals surface area contributed by atoms with E-state index in [9.17, 15) is 13.2 Å². The molecule has 2 N–H and O–H groups in total. The van der Waals surface area contributed by atoms with E-state index in [0.717, 1.165) is 31.5 Å². The van der Waals surface area contributed by atoms with E-state index in [-0.39, 0.29) is 17.4 Å². The number of hydrogen-bond donors (Lipinski definition) is 2. The van der Waals surface area contributed by atoms with Crippen LogP contribution in [0, 0.1) is 12.3 Å². The average molecular weight is 312 g/mol. The smallest absolute Gasteiger partial charge is 0.274 e. The number of sulfonamides is 1. The summed E-state index contributed by atoms with van der Waals surface area (Å²) in [7, 11) is -3.15. The summed E-state index contributed by atoms with van der Waals surface area (Å²) in [5.41, 5.74) is 1.41. The lowest BCUT2D eigenvalue weighted by Crippen LogP contribution is -2.51. The summed E-state index contributed by atoms with van der Waals surface area (Å²) in [6.07, 6.45) is 3.74. The minimum Gasteiger partial charge on any atom is -0.337 e. The van der Waals surface area contributed by atoms with Crippen molar-refractivity contribution in [3.8, 4) is 0 Å². The summed E-state index contributed by atoms with van der Waals surface area (Å²) >= 11 is 0. The Morgan fingerprint density at radius 3 is 2.81 bits per heavy atom. The number of hydrogen-bond acceptors (Lipinski definition) is 4. The number of rotatable bonds is 3. The molecule has 7 nitrogen and oxygen atoms in total. The molecule has 3 rings (SSSR count). The van der Waals surface area contributed by atoms with Crippen LogP contribution in [-0.2, 0) is 10.0 Å². The minimum atomic E-state index is -3.15. The fourth-order valence-electron chi connectivity index (χ4n) is 3.50. The lowest BCUT2D eigenvalue weighted by atomic mass is 9.65. The van der Waals surface area contributed by atoms with Crippen LogP contribution in [0.5, 0.6) is 0 Å². The standard InChI is InChI=1S/C13H20N4O3S/c1-9-5-11(15-14-9)12(18)17-4-3-13(8-17)6-10(7-13)16-21(2,19)20/h5,10,16H,3-4,6-8H2,1-2H3,(H,14,15). The number of aromatic nitrogens is 2. The Morgan fingerprint density at radius 1 is 1.52 bits per heavy atom. The molecule has 2 fully saturated rings. The van der Waals surface area contributed by atoms with E-state index in [2.05, 4.69) is 14.9 Å². The molecule has 2 aliphatic rings. The molecule has 1 aliphatic heterocycles. The number of carbonyl (C=O) groups excluding carboxylic acids is 1. The van der Waals surface area contributed by atoms with E-state index < -0.39 is 10.0 Å². The molecule has 2 heterocycles. The Balaban J connectivity index is 1.58. The van der Waals surface area contributed by atoms with E-state index >= 15 is 0 Å². The summed E-state index contributed by atoms with van der Waals surface area (Å²) in [6, 6.07) is 1.77. The third kappa shape index (κ3) is 2.96. The molecule has 1 saturated carbocycles. The maximum absolute atomic E-state index is 12.3. The van der Waals surface area contributed by atoms with Gasteiger partial charge in [-0.05, 0) is 37.7 Å². The van der Waals surface area contributed by atoms with E-state index in [1.165, 1.54) is 6.26 Å². The van der Waals surface area contributed by atoms with Crippen LogP contribution in [0.1, 0.15) is 35.4 Å². The van der Waals surface area contributed by atoms with Crippen molar-refractivity contribution >= 4 is 15.9 Å². The summed E-state index contributed by atoms with van der Waals surface area (Å²) in [5, 5.41) is 6.79. The van der Waals surface area contributed by atoms with Crippen LogP contribution in [0.15, 0.2) is 6.07 Å². The number of H-pyrrole nitrogens is 1. The van der Waals surface area contributed by atoms with Crippen LogP contribution >= 0.6 is 0 Å². The molecule has 0 unspecified atom stereocenters. The monoisotopic (exact) mass is 312 g/mol. The van der Waals surface area contributed by atoms with E-state index in [4.69, 9.17) is 0 Å². The topological polar surface area (TPSA) is 95.2 Å². The number of carbonyl (C=O) groups is 1. The molecule has 0 atom stereocenters. The maximum atomic E-state index is 12.3. The molecular weight excluding hydrogens is 292 g/mol. The molecule has 21 heavy (non-hydrogen) atoms. The fourth-order valence-corrected chi connectivity index (χ4v) is 4.28. The van der Waals surface area contributed by atoms with Gasteiger partial charge in [-0.25, -0.2) is 13.1 Å². The van der Waals surface area contributed by atoms with Gasteiger partial charge in [0, 0.05) is 24.8 Å². The predicted octanol–water partition coefficient (Wildman–Crippen LogP) is 0.262.